The molecule has 120 valence electrons. The lowest BCUT2D eigenvalue weighted by atomic mass is 9.91. The van der Waals surface area contributed by atoms with Gasteiger partial charge in [0.2, 0.25) is 0 Å². The minimum atomic E-state index is -1.96. The molecule has 0 amide bonds. The van der Waals surface area contributed by atoms with Crippen LogP contribution in [-0.4, -0.2) is 22.8 Å². The van der Waals surface area contributed by atoms with Crippen LogP contribution in [0.3, 0.4) is 0 Å². The highest BCUT2D eigenvalue weighted by molar-refractivity contribution is 6.67. The lowest BCUT2D eigenvalue weighted by molar-refractivity contribution is 0.216. The summed E-state index contributed by atoms with van der Waals surface area (Å²) >= 11 is 0. The van der Waals surface area contributed by atoms with Crippen LogP contribution in [0, 0.1) is 11.8 Å². The maximum absolute atomic E-state index is 6.02. The zero-order valence-electron chi connectivity index (χ0n) is 14.2. The molecule has 1 fully saturated rings. The van der Waals surface area contributed by atoms with Crippen molar-refractivity contribution in [3.63, 3.8) is 0 Å². The van der Waals surface area contributed by atoms with Gasteiger partial charge in [0, 0.05) is 14.2 Å². The van der Waals surface area contributed by atoms with E-state index in [-0.39, 0.29) is 0 Å². The molecule has 0 saturated heterocycles. The van der Waals surface area contributed by atoms with Crippen molar-refractivity contribution in [1.29, 1.82) is 0 Å². The molecular weight excluding hydrogens is 264 g/mol. The molecule has 1 rings (SSSR count). The molecule has 0 heterocycles. The Morgan fingerprint density at radius 3 is 2.20 bits per heavy atom. The van der Waals surface area contributed by atoms with E-state index in [1.165, 1.54) is 69.9 Å². The quantitative estimate of drug-likeness (QED) is 0.495. The van der Waals surface area contributed by atoms with Crippen molar-refractivity contribution in [3.05, 3.63) is 0 Å². The highest BCUT2D eigenvalue weighted by atomic mass is 28.4. The molecule has 0 bridgehead atoms. The van der Waals surface area contributed by atoms with Crippen LogP contribution in [0.2, 0.25) is 12.1 Å². The van der Waals surface area contributed by atoms with Gasteiger partial charge in [0.05, 0.1) is 0 Å². The van der Waals surface area contributed by atoms with E-state index in [1.54, 1.807) is 0 Å². The van der Waals surface area contributed by atoms with Crippen LogP contribution < -0.4 is 0 Å². The molecule has 3 heteroatoms. The summed E-state index contributed by atoms with van der Waals surface area (Å²) in [5.41, 5.74) is 0. The van der Waals surface area contributed by atoms with Crippen molar-refractivity contribution in [2.24, 2.45) is 11.8 Å². The molecule has 1 unspecified atom stereocenters. The third-order valence-electron chi connectivity index (χ3n) is 5.21. The van der Waals surface area contributed by atoms with E-state index in [9.17, 15) is 0 Å². The van der Waals surface area contributed by atoms with E-state index in [0.29, 0.717) is 0 Å². The predicted octanol–water partition coefficient (Wildman–Crippen LogP) is 5.52. The minimum Gasteiger partial charge on any atom is -0.398 e. The number of hydrogen-bond acceptors (Lipinski definition) is 2. The predicted molar refractivity (Wildman–Crippen MR) is 89.3 cm³/mol. The first-order valence-electron chi connectivity index (χ1n) is 8.80. The topological polar surface area (TPSA) is 18.5 Å². The summed E-state index contributed by atoms with van der Waals surface area (Å²) in [7, 11) is 1.82. The van der Waals surface area contributed by atoms with Crippen LogP contribution >= 0.6 is 0 Å². The molecule has 0 aromatic heterocycles. The van der Waals surface area contributed by atoms with E-state index in [1.807, 2.05) is 14.2 Å². The molecule has 2 nitrogen and oxygen atoms in total. The van der Waals surface area contributed by atoms with Gasteiger partial charge in [-0.3, -0.25) is 0 Å². The summed E-state index contributed by atoms with van der Waals surface area (Å²) in [4.78, 5) is 0. The largest absolute Gasteiger partial charge is 0.398 e. The van der Waals surface area contributed by atoms with E-state index < -0.39 is 8.56 Å². The van der Waals surface area contributed by atoms with Crippen molar-refractivity contribution in [2.75, 3.05) is 14.2 Å². The second-order valence-electron chi connectivity index (χ2n) is 6.65. The molecule has 0 aromatic carbocycles. The van der Waals surface area contributed by atoms with Crippen molar-refractivity contribution in [2.45, 2.75) is 83.7 Å². The second-order valence-corrected chi connectivity index (χ2v) is 10.1. The lowest BCUT2D eigenvalue weighted by Gasteiger charge is -2.35. The van der Waals surface area contributed by atoms with Gasteiger partial charge in [0.15, 0.2) is 0 Å². The van der Waals surface area contributed by atoms with Crippen LogP contribution in [-0.2, 0) is 8.85 Å². The molecule has 0 aromatic rings. The maximum atomic E-state index is 6.02. The van der Waals surface area contributed by atoms with Crippen molar-refractivity contribution in [1.82, 2.24) is 0 Å². The molecular formula is C17H36O2Si. The van der Waals surface area contributed by atoms with Crippen molar-refractivity contribution < 1.29 is 8.85 Å². The number of rotatable bonds is 10. The molecule has 1 aliphatic rings. The maximum Gasteiger partial charge on any atom is 0.338 e. The molecule has 0 spiro atoms. The Kier molecular flexibility index (Phi) is 9.06. The van der Waals surface area contributed by atoms with Gasteiger partial charge in [-0.05, 0) is 23.9 Å². The molecule has 0 aliphatic heterocycles. The Morgan fingerprint density at radius 2 is 1.70 bits per heavy atom. The van der Waals surface area contributed by atoms with Gasteiger partial charge in [-0.25, -0.2) is 0 Å². The molecule has 1 atom stereocenters. The first-order chi connectivity index (χ1) is 9.69. The van der Waals surface area contributed by atoms with E-state index >= 15 is 0 Å². The monoisotopic (exact) mass is 300 g/mol. The first-order valence-corrected chi connectivity index (χ1v) is 11.0. The van der Waals surface area contributed by atoms with E-state index in [0.717, 1.165) is 11.8 Å². The zero-order chi connectivity index (χ0) is 14.8. The highest BCUT2D eigenvalue weighted by Crippen LogP contribution is 2.36. The van der Waals surface area contributed by atoms with Crippen LogP contribution in [0.25, 0.3) is 0 Å². The van der Waals surface area contributed by atoms with Gasteiger partial charge in [0.25, 0.3) is 0 Å². The van der Waals surface area contributed by atoms with Gasteiger partial charge in [-0.15, -0.1) is 0 Å². The second kappa shape index (κ2) is 9.96. The van der Waals surface area contributed by atoms with Gasteiger partial charge in [0.1, 0.15) is 0 Å². The lowest BCUT2D eigenvalue weighted by Crippen LogP contribution is -2.43. The Bertz CT molecular complexity index is 235. The average molecular weight is 301 g/mol. The molecule has 0 N–H and O–H groups in total. The molecule has 1 aliphatic carbocycles. The van der Waals surface area contributed by atoms with Gasteiger partial charge >= 0.3 is 8.56 Å². The van der Waals surface area contributed by atoms with Crippen LogP contribution in [0.1, 0.15) is 71.6 Å². The van der Waals surface area contributed by atoms with Gasteiger partial charge in [-0.2, -0.15) is 0 Å². The fraction of sp³-hybridized carbons (Fsp3) is 1.00. The Morgan fingerprint density at radius 1 is 1.05 bits per heavy atom. The summed E-state index contributed by atoms with van der Waals surface area (Å²) < 4.78 is 12.0. The first kappa shape index (κ1) is 18.2. The summed E-state index contributed by atoms with van der Waals surface area (Å²) in [5, 5.41) is 0. The van der Waals surface area contributed by atoms with Crippen molar-refractivity contribution in [3.8, 4) is 0 Å². The molecule has 0 radical (unpaired) electrons. The Hall–Kier alpha value is 0.137. The van der Waals surface area contributed by atoms with Crippen molar-refractivity contribution >= 4 is 8.56 Å². The van der Waals surface area contributed by atoms with Crippen LogP contribution in [0.5, 0.6) is 0 Å². The highest BCUT2D eigenvalue weighted by Gasteiger charge is 2.40. The fourth-order valence-electron chi connectivity index (χ4n) is 3.71. The third-order valence-corrected chi connectivity index (χ3v) is 9.10. The minimum absolute atomic E-state index is 0.796. The van der Waals surface area contributed by atoms with Crippen LogP contribution in [0.4, 0.5) is 0 Å². The van der Waals surface area contributed by atoms with Gasteiger partial charge < -0.3 is 8.85 Å². The summed E-state index contributed by atoms with van der Waals surface area (Å²) in [5.74, 6) is 1.66. The zero-order valence-corrected chi connectivity index (χ0v) is 15.2. The van der Waals surface area contributed by atoms with Crippen LogP contribution in [0.15, 0.2) is 0 Å². The standard InChI is InChI=1S/C17H36O2Si/c1-5-7-11-16(6-2)14-20(18-3,19-4)15-17-12-9-8-10-13-17/h16-17H,5-15H2,1-4H3. The summed E-state index contributed by atoms with van der Waals surface area (Å²) in [6.07, 6.45) is 12.3. The summed E-state index contributed by atoms with van der Waals surface area (Å²) in [6, 6.07) is 2.43. The van der Waals surface area contributed by atoms with E-state index in [4.69, 9.17) is 8.85 Å². The summed E-state index contributed by atoms with van der Waals surface area (Å²) in [6.45, 7) is 4.61. The average Bonchev–Trinajstić information content (AvgIpc) is 2.51. The SMILES string of the molecule is CCCCC(CC)C[Si](CC1CCCCC1)(OC)OC. The van der Waals surface area contributed by atoms with Gasteiger partial charge in [-0.1, -0.05) is 71.6 Å². The molecule has 1 saturated carbocycles. The fourth-order valence-corrected chi connectivity index (χ4v) is 7.37. The Balaban J connectivity index is 2.58. The van der Waals surface area contributed by atoms with E-state index in [2.05, 4.69) is 13.8 Å². The third kappa shape index (κ3) is 5.86. The molecule has 20 heavy (non-hydrogen) atoms. The number of unbranched alkanes of at least 4 members (excludes halogenated alkanes) is 1. The Labute approximate surface area is 127 Å². The smallest absolute Gasteiger partial charge is 0.338 e. The normalized spacial score (nSPS) is 19.2. The number of hydrogen-bond donors (Lipinski definition) is 0.